The van der Waals surface area contributed by atoms with Crippen LogP contribution in [0.1, 0.15) is 36.8 Å². The molecular weight excluding hydrogens is 424 g/mol. The normalized spacial score (nSPS) is 11.4. The first-order valence-corrected chi connectivity index (χ1v) is 11.4. The summed E-state index contributed by atoms with van der Waals surface area (Å²) in [5.74, 6) is 0.663. The zero-order chi connectivity index (χ0) is 23.7. The maximum absolute atomic E-state index is 14.0. The summed E-state index contributed by atoms with van der Waals surface area (Å²) in [5.41, 5.74) is 3.46. The second-order valence-corrected chi connectivity index (χ2v) is 8.54. The van der Waals surface area contributed by atoms with Gasteiger partial charge in [0.25, 0.3) is 5.56 Å². The van der Waals surface area contributed by atoms with Gasteiger partial charge in [0.05, 0.1) is 23.1 Å². The molecule has 6 heteroatoms. The number of nitrogens with zero attached hydrogens (tertiary/aromatic N) is 4. The van der Waals surface area contributed by atoms with E-state index in [1.54, 1.807) is 17.0 Å². The van der Waals surface area contributed by atoms with Crippen LogP contribution in [0.5, 0.6) is 0 Å². The Kier molecular flexibility index (Phi) is 5.72. The van der Waals surface area contributed by atoms with Crippen LogP contribution < -0.4 is 10.5 Å². The van der Waals surface area contributed by atoms with Crippen LogP contribution in [0.4, 0.5) is 11.7 Å². The minimum Gasteiger partial charge on any atom is -0.432 e. The fourth-order valence-electron chi connectivity index (χ4n) is 4.48. The van der Waals surface area contributed by atoms with Gasteiger partial charge in [-0.25, -0.2) is 9.97 Å². The molecule has 34 heavy (non-hydrogen) atoms. The molecule has 5 aromatic rings. The number of fused-ring (bicyclic) bond motifs is 1. The predicted molar refractivity (Wildman–Crippen MR) is 135 cm³/mol. The minimum absolute atomic E-state index is 0.0816. The van der Waals surface area contributed by atoms with E-state index in [1.807, 2.05) is 90.7 Å². The predicted octanol–water partition coefficient (Wildman–Crippen LogP) is 5.88. The third-order valence-corrected chi connectivity index (χ3v) is 5.97. The fourth-order valence-corrected chi connectivity index (χ4v) is 4.48. The van der Waals surface area contributed by atoms with Crippen molar-refractivity contribution >= 4 is 22.6 Å². The number of benzene rings is 3. The lowest BCUT2D eigenvalue weighted by molar-refractivity contribution is 0.539. The van der Waals surface area contributed by atoms with Crippen LogP contribution in [0.25, 0.3) is 10.9 Å². The number of aryl methyl sites for hydroxylation is 1. The number of oxazole rings is 1. The Balaban J connectivity index is 1.73. The lowest BCUT2D eigenvalue weighted by Crippen LogP contribution is -2.30. The van der Waals surface area contributed by atoms with Gasteiger partial charge in [0.15, 0.2) is 0 Å². The van der Waals surface area contributed by atoms with Crippen LogP contribution in [0.15, 0.2) is 101 Å². The highest BCUT2D eigenvalue weighted by atomic mass is 16.4. The smallest absolute Gasteiger partial charge is 0.301 e. The summed E-state index contributed by atoms with van der Waals surface area (Å²) in [4.78, 5) is 25.1. The van der Waals surface area contributed by atoms with Crippen LogP contribution in [0.3, 0.4) is 0 Å². The van der Waals surface area contributed by atoms with Crippen molar-refractivity contribution in [1.29, 1.82) is 0 Å². The van der Waals surface area contributed by atoms with Crippen LogP contribution in [0.2, 0.25) is 0 Å². The molecule has 0 bridgehead atoms. The molecule has 0 fully saturated rings. The Morgan fingerprint density at radius 3 is 2.12 bits per heavy atom. The monoisotopic (exact) mass is 450 g/mol. The van der Waals surface area contributed by atoms with E-state index in [-0.39, 0.29) is 17.6 Å². The zero-order valence-electron chi connectivity index (χ0n) is 19.4. The van der Waals surface area contributed by atoms with Gasteiger partial charge in [-0.2, -0.15) is 0 Å². The summed E-state index contributed by atoms with van der Waals surface area (Å²) >= 11 is 0. The molecule has 2 aromatic heterocycles. The zero-order valence-corrected chi connectivity index (χ0v) is 19.4. The SMILES string of the molecule is Cc1nc2ccc(N(c3ncco3)C(C)C)cc2c(=O)n1C(c1ccccc1)c1ccccc1. The van der Waals surface area contributed by atoms with Crippen LogP contribution >= 0.6 is 0 Å². The average molecular weight is 451 g/mol. The van der Waals surface area contributed by atoms with Gasteiger partial charge in [-0.05, 0) is 50.1 Å². The van der Waals surface area contributed by atoms with Gasteiger partial charge in [0, 0.05) is 11.7 Å². The largest absolute Gasteiger partial charge is 0.432 e. The molecule has 0 atom stereocenters. The van der Waals surface area contributed by atoms with Crippen molar-refractivity contribution < 1.29 is 4.42 Å². The number of hydrogen-bond donors (Lipinski definition) is 0. The molecule has 5 rings (SSSR count). The van der Waals surface area contributed by atoms with Crippen molar-refractivity contribution in [3.63, 3.8) is 0 Å². The van der Waals surface area contributed by atoms with Gasteiger partial charge in [0.2, 0.25) is 0 Å². The highest BCUT2D eigenvalue weighted by Gasteiger charge is 2.23. The second kappa shape index (κ2) is 8.98. The van der Waals surface area contributed by atoms with Crippen LogP contribution in [0, 0.1) is 6.92 Å². The summed E-state index contributed by atoms with van der Waals surface area (Å²) in [6.07, 6.45) is 3.17. The summed E-state index contributed by atoms with van der Waals surface area (Å²) in [6, 6.07) is 26.1. The Bertz CT molecular complexity index is 1420. The molecule has 0 aliphatic rings. The van der Waals surface area contributed by atoms with Gasteiger partial charge in [-0.3, -0.25) is 14.3 Å². The standard InChI is InChI=1S/C28H26N4O2/c1-19(2)31(28-29-16-17-34-28)23-14-15-25-24(18-23)27(33)32(20(3)30-25)26(21-10-6-4-7-11-21)22-12-8-5-9-13-22/h4-19,26H,1-3H3. The van der Waals surface area contributed by atoms with Crippen molar-refractivity contribution in [1.82, 2.24) is 14.5 Å². The maximum atomic E-state index is 14.0. The molecule has 170 valence electrons. The molecule has 0 aliphatic heterocycles. The first-order valence-electron chi connectivity index (χ1n) is 11.4. The topological polar surface area (TPSA) is 64.2 Å². The molecule has 0 saturated heterocycles. The van der Waals surface area contributed by atoms with Gasteiger partial charge >= 0.3 is 6.01 Å². The summed E-state index contributed by atoms with van der Waals surface area (Å²) in [7, 11) is 0. The highest BCUT2D eigenvalue weighted by molar-refractivity contribution is 5.83. The molecule has 0 aliphatic carbocycles. The van der Waals surface area contributed by atoms with Crippen molar-refractivity contribution in [2.24, 2.45) is 0 Å². The van der Waals surface area contributed by atoms with Gasteiger partial charge in [-0.15, -0.1) is 0 Å². The molecular formula is C28H26N4O2. The second-order valence-electron chi connectivity index (χ2n) is 8.54. The lowest BCUT2D eigenvalue weighted by Gasteiger charge is -2.26. The van der Waals surface area contributed by atoms with E-state index in [0.29, 0.717) is 22.7 Å². The number of aromatic nitrogens is 3. The Morgan fingerprint density at radius 2 is 1.56 bits per heavy atom. The van der Waals surface area contributed by atoms with Crippen LogP contribution in [-0.4, -0.2) is 20.6 Å². The highest BCUT2D eigenvalue weighted by Crippen LogP contribution is 2.30. The van der Waals surface area contributed by atoms with Crippen molar-refractivity contribution in [2.45, 2.75) is 32.9 Å². The van der Waals surface area contributed by atoms with E-state index < -0.39 is 0 Å². The van der Waals surface area contributed by atoms with Crippen molar-refractivity contribution in [3.05, 3.63) is 119 Å². The first-order chi connectivity index (χ1) is 16.5. The van der Waals surface area contributed by atoms with Gasteiger partial charge < -0.3 is 4.42 Å². The number of hydrogen-bond acceptors (Lipinski definition) is 5. The molecule has 0 spiro atoms. The quantitative estimate of drug-likeness (QED) is 0.323. The van der Waals surface area contributed by atoms with Gasteiger partial charge in [-0.1, -0.05) is 60.7 Å². The maximum Gasteiger partial charge on any atom is 0.301 e. The summed E-state index contributed by atoms with van der Waals surface area (Å²) in [5, 5.41) is 0.553. The molecule has 0 saturated carbocycles. The molecule has 2 heterocycles. The van der Waals surface area contributed by atoms with Crippen molar-refractivity contribution in [3.8, 4) is 0 Å². The summed E-state index contributed by atoms with van der Waals surface area (Å²) < 4.78 is 7.36. The molecule has 6 nitrogen and oxygen atoms in total. The number of anilines is 2. The van der Waals surface area contributed by atoms with E-state index >= 15 is 0 Å². The molecule has 0 radical (unpaired) electrons. The van der Waals surface area contributed by atoms with Crippen molar-refractivity contribution in [2.75, 3.05) is 4.90 Å². The molecule has 3 aromatic carbocycles. The minimum atomic E-state index is -0.289. The molecule has 0 N–H and O–H groups in total. The molecule has 0 unspecified atom stereocenters. The van der Waals surface area contributed by atoms with E-state index in [0.717, 1.165) is 16.8 Å². The van der Waals surface area contributed by atoms with E-state index in [2.05, 4.69) is 18.8 Å². The summed E-state index contributed by atoms with van der Waals surface area (Å²) in [6.45, 7) is 6.00. The van der Waals surface area contributed by atoms with E-state index in [9.17, 15) is 4.79 Å². The average Bonchev–Trinajstić information content (AvgIpc) is 3.37. The van der Waals surface area contributed by atoms with E-state index in [4.69, 9.17) is 9.40 Å². The van der Waals surface area contributed by atoms with E-state index in [1.165, 1.54) is 0 Å². The Morgan fingerprint density at radius 1 is 0.912 bits per heavy atom. The Labute approximate surface area is 198 Å². The molecule has 0 amide bonds. The Hall–Kier alpha value is -4.19. The van der Waals surface area contributed by atoms with Crippen LogP contribution in [-0.2, 0) is 0 Å². The third kappa shape index (κ3) is 3.88. The third-order valence-electron chi connectivity index (χ3n) is 5.97. The fraction of sp³-hybridized carbons (Fsp3) is 0.179. The first kappa shape index (κ1) is 21.6. The number of rotatable bonds is 6. The lowest BCUT2D eigenvalue weighted by atomic mass is 9.98. The van der Waals surface area contributed by atoms with Gasteiger partial charge in [0.1, 0.15) is 12.1 Å².